The van der Waals surface area contributed by atoms with E-state index in [1.54, 1.807) is 4.90 Å². The van der Waals surface area contributed by atoms with E-state index in [4.69, 9.17) is 0 Å². The third-order valence-electron chi connectivity index (χ3n) is 4.55. The van der Waals surface area contributed by atoms with Crippen LogP contribution in [0.1, 0.15) is 40.5 Å². The van der Waals surface area contributed by atoms with Crippen LogP contribution < -0.4 is 5.32 Å². The van der Waals surface area contributed by atoms with Crippen molar-refractivity contribution in [3.63, 3.8) is 0 Å². The quantitative estimate of drug-likeness (QED) is 0.807. The maximum atomic E-state index is 12.5. The second-order valence-electron chi connectivity index (χ2n) is 7.55. The Morgan fingerprint density at radius 3 is 2.57 bits per heavy atom. The van der Waals surface area contributed by atoms with E-state index in [9.17, 15) is 9.59 Å². The van der Waals surface area contributed by atoms with Crippen molar-refractivity contribution in [3.8, 4) is 0 Å². The Balaban J connectivity index is 2.62. The molecular formula is C17H34N4O2. The van der Waals surface area contributed by atoms with Crippen LogP contribution in [0, 0.1) is 5.41 Å². The number of nitrogens with zero attached hydrogens (tertiary/aromatic N) is 3. The van der Waals surface area contributed by atoms with Crippen molar-refractivity contribution in [1.82, 2.24) is 20.0 Å². The third-order valence-corrected chi connectivity index (χ3v) is 4.55. The number of carbonyl (C=O) groups is 2. The van der Waals surface area contributed by atoms with Crippen LogP contribution in [0.3, 0.4) is 0 Å². The molecule has 0 spiro atoms. The molecule has 6 nitrogen and oxygen atoms in total. The second kappa shape index (κ2) is 8.52. The van der Waals surface area contributed by atoms with Gasteiger partial charge in [-0.3, -0.25) is 4.79 Å². The maximum absolute atomic E-state index is 12.5. The Morgan fingerprint density at radius 1 is 1.35 bits per heavy atom. The van der Waals surface area contributed by atoms with Crippen molar-refractivity contribution in [2.75, 3.05) is 46.8 Å². The van der Waals surface area contributed by atoms with Crippen molar-refractivity contribution >= 4 is 11.9 Å². The summed E-state index contributed by atoms with van der Waals surface area (Å²) < 4.78 is 0. The van der Waals surface area contributed by atoms with E-state index in [0.717, 1.165) is 32.5 Å². The lowest BCUT2D eigenvalue weighted by Gasteiger charge is -2.36. The van der Waals surface area contributed by atoms with E-state index in [1.807, 2.05) is 25.9 Å². The first-order chi connectivity index (χ1) is 10.7. The highest BCUT2D eigenvalue weighted by molar-refractivity contribution is 5.84. The first-order valence-corrected chi connectivity index (χ1v) is 8.65. The van der Waals surface area contributed by atoms with Crippen LogP contribution in [0.4, 0.5) is 4.79 Å². The Bertz CT molecular complexity index is 409. The van der Waals surface area contributed by atoms with Gasteiger partial charge in [-0.15, -0.1) is 0 Å². The summed E-state index contributed by atoms with van der Waals surface area (Å²) in [6.45, 7) is 11.6. The minimum absolute atomic E-state index is 0.0301. The molecule has 134 valence electrons. The zero-order valence-corrected chi connectivity index (χ0v) is 15.7. The molecule has 0 aromatic heterocycles. The van der Waals surface area contributed by atoms with Crippen LogP contribution in [0.15, 0.2) is 0 Å². The summed E-state index contributed by atoms with van der Waals surface area (Å²) in [6, 6.07) is -0.0986. The number of hydrogen-bond donors (Lipinski definition) is 1. The molecule has 1 rings (SSSR count). The van der Waals surface area contributed by atoms with Crippen LogP contribution in [-0.2, 0) is 4.79 Å². The summed E-state index contributed by atoms with van der Waals surface area (Å²) in [5.74, 6) is 0.0553. The molecule has 1 aliphatic rings. The van der Waals surface area contributed by atoms with Crippen molar-refractivity contribution in [1.29, 1.82) is 0 Å². The predicted molar refractivity (Wildman–Crippen MR) is 93.4 cm³/mol. The highest BCUT2D eigenvalue weighted by atomic mass is 16.2. The minimum atomic E-state index is -0.129. The molecule has 1 fully saturated rings. The lowest BCUT2D eigenvalue weighted by molar-refractivity contribution is -0.130. The molecule has 6 heteroatoms. The molecule has 0 radical (unpaired) electrons. The highest BCUT2D eigenvalue weighted by Crippen LogP contribution is 2.21. The van der Waals surface area contributed by atoms with Crippen molar-refractivity contribution in [3.05, 3.63) is 0 Å². The molecule has 1 N–H and O–H groups in total. The predicted octanol–water partition coefficient (Wildman–Crippen LogP) is 1.62. The zero-order chi connectivity index (χ0) is 17.6. The highest BCUT2D eigenvalue weighted by Gasteiger charge is 2.30. The maximum Gasteiger partial charge on any atom is 0.318 e. The van der Waals surface area contributed by atoms with Gasteiger partial charge in [0.2, 0.25) is 5.91 Å². The molecule has 0 aliphatic carbocycles. The molecule has 1 heterocycles. The summed E-state index contributed by atoms with van der Waals surface area (Å²) in [5.41, 5.74) is -0.0384. The molecule has 1 aliphatic heterocycles. The van der Waals surface area contributed by atoms with Gasteiger partial charge in [-0.1, -0.05) is 20.8 Å². The molecule has 1 atom stereocenters. The summed E-state index contributed by atoms with van der Waals surface area (Å²) in [4.78, 5) is 30.4. The van der Waals surface area contributed by atoms with Gasteiger partial charge in [-0.2, -0.15) is 0 Å². The van der Waals surface area contributed by atoms with E-state index in [1.165, 1.54) is 0 Å². The summed E-state index contributed by atoms with van der Waals surface area (Å²) in [6.07, 6.45) is 1.79. The number of hydrogen-bond acceptors (Lipinski definition) is 3. The van der Waals surface area contributed by atoms with Crippen molar-refractivity contribution in [2.24, 2.45) is 5.41 Å². The van der Waals surface area contributed by atoms with Gasteiger partial charge < -0.3 is 20.0 Å². The average molecular weight is 326 g/mol. The van der Waals surface area contributed by atoms with Crippen LogP contribution in [-0.4, -0.2) is 79.5 Å². The van der Waals surface area contributed by atoms with Gasteiger partial charge in [0.15, 0.2) is 0 Å². The smallest absolute Gasteiger partial charge is 0.318 e. The van der Waals surface area contributed by atoms with Gasteiger partial charge in [-0.05, 0) is 39.3 Å². The van der Waals surface area contributed by atoms with Crippen molar-refractivity contribution in [2.45, 2.75) is 46.6 Å². The topological polar surface area (TPSA) is 55.9 Å². The van der Waals surface area contributed by atoms with E-state index >= 15 is 0 Å². The zero-order valence-electron chi connectivity index (χ0n) is 15.7. The van der Waals surface area contributed by atoms with Gasteiger partial charge in [0.1, 0.15) is 6.54 Å². The van der Waals surface area contributed by atoms with Gasteiger partial charge >= 0.3 is 6.03 Å². The molecule has 0 bridgehead atoms. The lowest BCUT2D eigenvalue weighted by atomic mass is 9.85. The number of rotatable bonds is 6. The molecule has 1 unspecified atom stereocenters. The molecule has 0 aromatic carbocycles. The average Bonchev–Trinajstić information content (AvgIpc) is 2.60. The van der Waals surface area contributed by atoms with E-state index < -0.39 is 0 Å². The third kappa shape index (κ3) is 6.01. The normalized spacial score (nSPS) is 18.1. The molecule has 3 amide bonds. The largest absolute Gasteiger partial charge is 0.341 e. The Hall–Kier alpha value is -1.30. The number of carbonyl (C=O) groups excluding carboxylic acids is 2. The van der Waals surface area contributed by atoms with Gasteiger partial charge in [0.25, 0.3) is 0 Å². The van der Waals surface area contributed by atoms with Crippen LogP contribution in [0.2, 0.25) is 0 Å². The Kier molecular flexibility index (Phi) is 7.32. The summed E-state index contributed by atoms with van der Waals surface area (Å²) in [7, 11) is 4.07. The monoisotopic (exact) mass is 326 g/mol. The van der Waals surface area contributed by atoms with Crippen LogP contribution in [0.5, 0.6) is 0 Å². The number of nitrogens with one attached hydrogen (secondary N) is 1. The molecular weight excluding hydrogens is 292 g/mol. The number of amides is 3. The van der Waals surface area contributed by atoms with Gasteiger partial charge in [-0.25, -0.2) is 4.79 Å². The minimum Gasteiger partial charge on any atom is -0.341 e. The van der Waals surface area contributed by atoms with Crippen LogP contribution >= 0.6 is 0 Å². The van der Waals surface area contributed by atoms with E-state index in [-0.39, 0.29) is 29.9 Å². The summed E-state index contributed by atoms with van der Waals surface area (Å²) in [5, 5.41) is 3.08. The molecule has 0 aromatic rings. The van der Waals surface area contributed by atoms with E-state index in [2.05, 4.69) is 31.0 Å². The molecule has 23 heavy (non-hydrogen) atoms. The Labute approximate surface area is 141 Å². The SMILES string of the molecule is CCCN1CCCN(C(=O)NC(C)C(C)(C)CN(C)C)CC1=O. The lowest BCUT2D eigenvalue weighted by Crippen LogP contribution is -2.52. The first kappa shape index (κ1) is 19.7. The molecule has 0 saturated carbocycles. The second-order valence-corrected chi connectivity index (χ2v) is 7.55. The summed E-state index contributed by atoms with van der Waals surface area (Å²) >= 11 is 0. The van der Waals surface area contributed by atoms with Gasteiger partial charge in [0, 0.05) is 32.2 Å². The van der Waals surface area contributed by atoms with Crippen molar-refractivity contribution < 1.29 is 9.59 Å². The number of urea groups is 1. The first-order valence-electron chi connectivity index (χ1n) is 8.65. The molecule has 1 saturated heterocycles. The fourth-order valence-corrected chi connectivity index (χ4v) is 3.02. The fourth-order valence-electron chi connectivity index (χ4n) is 3.02. The van der Waals surface area contributed by atoms with Gasteiger partial charge in [0.05, 0.1) is 0 Å². The fraction of sp³-hybridized carbons (Fsp3) is 0.882. The van der Waals surface area contributed by atoms with Crippen LogP contribution in [0.25, 0.3) is 0 Å². The Morgan fingerprint density at radius 2 is 2.00 bits per heavy atom. The standard InChI is InChI=1S/C17H34N4O2/c1-7-9-20-10-8-11-21(12-15(20)22)16(23)18-14(2)17(3,4)13-19(5)6/h14H,7-13H2,1-6H3,(H,18,23). The van der Waals surface area contributed by atoms with E-state index in [0.29, 0.717) is 6.54 Å².